The van der Waals surface area contributed by atoms with Crippen molar-refractivity contribution in [3.63, 3.8) is 0 Å². The summed E-state index contributed by atoms with van der Waals surface area (Å²) in [4.78, 5) is 25.2. The predicted molar refractivity (Wildman–Crippen MR) is 116 cm³/mol. The van der Waals surface area contributed by atoms with Crippen LogP contribution in [0.1, 0.15) is 18.5 Å². The Bertz CT molecular complexity index is 1140. The molecular weight excluding hydrogens is 428 g/mol. The van der Waals surface area contributed by atoms with Crippen LogP contribution in [0, 0.1) is 0 Å². The summed E-state index contributed by atoms with van der Waals surface area (Å²) in [5.41, 5.74) is 2.03. The number of esters is 1. The molecule has 4 rings (SSSR count). The molecule has 170 valence electrons. The van der Waals surface area contributed by atoms with E-state index in [1.807, 2.05) is 0 Å². The van der Waals surface area contributed by atoms with Gasteiger partial charge >= 0.3 is 12.0 Å². The average molecular weight is 450 g/mol. The first-order valence-electron chi connectivity index (χ1n) is 10.2. The molecule has 1 atom stereocenters. The van der Waals surface area contributed by atoms with Crippen LogP contribution in [0.3, 0.4) is 0 Å². The van der Waals surface area contributed by atoms with Crippen molar-refractivity contribution in [1.29, 1.82) is 0 Å². The monoisotopic (exact) mass is 450 g/mol. The molecule has 1 unspecified atom stereocenters. The lowest BCUT2D eigenvalue weighted by Crippen LogP contribution is -2.47. The normalized spacial score (nSPS) is 15.5. The zero-order valence-electron chi connectivity index (χ0n) is 18.0. The summed E-state index contributed by atoms with van der Waals surface area (Å²) in [5, 5.41) is 13.0. The molecule has 1 aliphatic rings. The van der Waals surface area contributed by atoms with Crippen LogP contribution < -0.4 is 20.1 Å². The maximum absolute atomic E-state index is 12.8. The molecule has 0 bridgehead atoms. The maximum Gasteiger partial charge on any atom is 0.338 e. The summed E-state index contributed by atoms with van der Waals surface area (Å²) >= 11 is 0. The van der Waals surface area contributed by atoms with Crippen molar-refractivity contribution in [3.8, 4) is 23.0 Å². The number of nitrogens with zero attached hydrogens (tertiary/aromatic N) is 2. The van der Waals surface area contributed by atoms with E-state index in [4.69, 9.17) is 18.6 Å². The lowest BCUT2D eigenvalue weighted by molar-refractivity contribution is -0.139. The molecule has 0 radical (unpaired) electrons. The highest BCUT2D eigenvalue weighted by atomic mass is 16.5. The molecule has 2 N–H and O–H groups in total. The smallest absolute Gasteiger partial charge is 0.338 e. The molecule has 33 heavy (non-hydrogen) atoms. The molecule has 1 aliphatic heterocycles. The number of ether oxygens (including phenoxy) is 3. The molecule has 0 aliphatic carbocycles. The summed E-state index contributed by atoms with van der Waals surface area (Å²) in [5.74, 6) is 1.04. The second-order valence-corrected chi connectivity index (χ2v) is 6.97. The van der Waals surface area contributed by atoms with E-state index in [-0.39, 0.29) is 18.8 Å². The number of carbonyl (C=O) groups is 2. The fourth-order valence-corrected chi connectivity index (χ4v) is 3.38. The van der Waals surface area contributed by atoms with E-state index in [0.29, 0.717) is 28.7 Å². The standard InChI is InChI=1S/C23H22N4O6/c1-3-31-22(28)19-18(12-32-17-10-6-15(7-11-17)21-27-24-13-33-21)25-23(29)26-20(19)14-4-8-16(30-2)9-5-14/h4-11,13,20H,3,12H2,1-2H3,(H2,25,26,29). The topological polar surface area (TPSA) is 125 Å². The number of rotatable bonds is 8. The second kappa shape index (κ2) is 9.86. The zero-order valence-corrected chi connectivity index (χ0v) is 18.0. The Morgan fingerprint density at radius 1 is 1.09 bits per heavy atom. The highest BCUT2D eigenvalue weighted by Gasteiger charge is 2.34. The van der Waals surface area contributed by atoms with Crippen molar-refractivity contribution in [3.05, 3.63) is 71.8 Å². The van der Waals surface area contributed by atoms with Gasteiger partial charge in [0.2, 0.25) is 12.3 Å². The van der Waals surface area contributed by atoms with Crippen LogP contribution in [0.2, 0.25) is 0 Å². The lowest BCUT2D eigenvalue weighted by Gasteiger charge is -2.29. The van der Waals surface area contributed by atoms with Crippen LogP contribution in [0.15, 0.2) is 70.6 Å². The molecule has 2 amide bonds. The van der Waals surface area contributed by atoms with Gasteiger partial charge in [-0.2, -0.15) is 0 Å². The second-order valence-electron chi connectivity index (χ2n) is 6.97. The highest BCUT2D eigenvalue weighted by Crippen LogP contribution is 2.29. The minimum absolute atomic E-state index is 0.0475. The Morgan fingerprint density at radius 2 is 1.82 bits per heavy atom. The van der Waals surface area contributed by atoms with Gasteiger partial charge in [-0.3, -0.25) is 0 Å². The molecule has 0 fully saturated rings. The van der Waals surface area contributed by atoms with Crippen LogP contribution >= 0.6 is 0 Å². The molecule has 0 saturated heterocycles. The van der Waals surface area contributed by atoms with E-state index in [1.54, 1.807) is 62.6 Å². The molecule has 2 aromatic carbocycles. The van der Waals surface area contributed by atoms with Crippen molar-refractivity contribution >= 4 is 12.0 Å². The number of benzene rings is 2. The lowest BCUT2D eigenvalue weighted by atomic mass is 9.95. The van der Waals surface area contributed by atoms with Gasteiger partial charge in [0.15, 0.2) is 0 Å². The first-order chi connectivity index (χ1) is 16.1. The van der Waals surface area contributed by atoms with E-state index < -0.39 is 18.0 Å². The van der Waals surface area contributed by atoms with E-state index in [2.05, 4.69) is 20.8 Å². The molecule has 10 heteroatoms. The number of hydrogen-bond acceptors (Lipinski definition) is 8. The zero-order chi connectivity index (χ0) is 23.2. The Morgan fingerprint density at radius 3 is 2.45 bits per heavy atom. The van der Waals surface area contributed by atoms with Crippen molar-refractivity contribution in [1.82, 2.24) is 20.8 Å². The van der Waals surface area contributed by atoms with Gasteiger partial charge in [-0.25, -0.2) is 9.59 Å². The molecular formula is C23H22N4O6. The third-order valence-electron chi connectivity index (χ3n) is 4.94. The Balaban J connectivity index is 1.60. The largest absolute Gasteiger partial charge is 0.497 e. The van der Waals surface area contributed by atoms with Gasteiger partial charge in [-0.15, -0.1) is 10.2 Å². The molecule has 10 nitrogen and oxygen atoms in total. The third-order valence-corrected chi connectivity index (χ3v) is 4.94. The fraction of sp³-hybridized carbons (Fsp3) is 0.217. The summed E-state index contributed by atoms with van der Waals surface area (Å²) in [6, 6.07) is 12.9. The number of aromatic nitrogens is 2. The van der Waals surface area contributed by atoms with E-state index in [1.165, 1.54) is 6.39 Å². The van der Waals surface area contributed by atoms with Gasteiger partial charge in [0, 0.05) is 5.56 Å². The number of methoxy groups -OCH3 is 1. The Labute approximate surface area is 189 Å². The van der Waals surface area contributed by atoms with E-state index in [0.717, 1.165) is 5.56 Å². The van der Waals surface area contributed by atoms with Crippen molar-refractivity contribution in [2.45, 2.75) is 13.0 Å². The first-order valence-corrected chi connectivity index (χ1v) is 10.2. The van der Waals surface area contributed by atoms with Crippen LogP contribution in [0.5, 0.6) is 11.5 Å². The Hall–Kier alpha value is -4.34. The number of amides is 2. The molecule has 0 saturated carbocycles. The minimum Gasteiger partial charge on any atom is -0.497 e. The molecule has 2 heterocycles. The quantitative estimate of drug-likeness (QED) is 0.502. The van der Waals surface area contributed by atoms with Crippen LogP contribution in [0.4, 0.5) is 4.79 Å². The predicted octanol–water partition coefficient (Wildman–Crippen LogP) is 3.00. The summed E-state index contributed by atoms with van der Waals surface area (Å²) in [6.45, 7) is 1.86. The minimum atomic E-state index is -0.706. The SMILES string of the molecule is CCOC(=O)C1=C(COc2ccc(-c3nnco3)cc2)NC(=O)NC1c1ccc(OC)cc1. The highest BCUT2D eigenvalue weighted by molar-refractivity contribution is 5.95. The van der Waals surface area contributed by atoms with E-state index in [9.17, 15) is 9.59 Å². The van der Waals surface area contributed by atoms with Crippen molar-refractivity contribution in [2.24, 2.45) is 0 Å². The summed E-state index contributed by atoms with van der Waals surface area (Å²) in [7, 11) is 1.56. The number of urea groups is 1. The number of nitrogens with one attached hydrogen (secondary N) is 2. The van der Waals surface area contributed by atoms with E-state index >= 15 is 0 Å². The maximum atomic E-state index is 12.8. The van der Waals surface area contributed by atoms with Crippen LogP contribution in [-0.4, -0.2) is 42.5 Å². The van der Waals surface area contributed by atoms with Gasteiger partial charge in [0.25, 0.3) is 0 Å². The van der Waals surface area contributed by atoms with Gasteiger partial charge in [0.05, 0.1) is 31.0 Å². The fourth-order valence-electron chi connectivity index (χ4n) is 3.38. The van der Waals surface area contributed by atoms with Crippen LogP contribution in [-0.2, 0) is 9.53 Å². The molecule has 0 spiro atoms. The Kier molecular flexibility index (Phi) is 6.53. The van der Waals surface area contributed by atoms with Crippen LogP contribution in [0.25, 0.3) is 11.5 Å². The average Bonchev–Trinajstić information content (AvgIpc) is 3.38. The first kappa shape index (κ1) is 21.9. The van der Waals surface area contributed by atoms with Crippen molar-refractivity contribution in [2.75, 3.05) is 20.3 Å². The summed E-state index contributed by atoms with van der Waals surface area (Å²) < 4.78 is 21.5. The number of carbonyl (C=O) groups excluding carboxylic acids is 2. The van der Waals surface area contributed by atoms with Gasteiger partial charge in [-0.05, 0) is 48.9 Å². The third kappa shape index (κ3) is 4.95. The van der Waals surface area contributed by atoms with Gasteiger partial charge in [-0.1, -0.05) is 12.1 Å². The van der Waals surface area contributed by atoms with Gasteiger partial charge in [0.1, 0.15) is 18.1 Å². The summed E-state index contributed by atoms with van der Waals surface area (Å²) in [6.07, 6.45) is 1.25. The number of hydrogen-bond donors (Lipinski definition) is 2. The molecule has 1 aromatic heterocycles. The molecule has 3 aromatic rings. The van der Waals surface area contributed by atoms with Gasteiger partial charge < -0.3 is 29.3 Å². The van der Waals surface area contributed by atoms with Crippen molar-refractivity contribution < 1.29 is 28.2 Å².